The largest absolute Gasteiger partial charge is 0.506 e. The molecule has 2 aromatic rings. The number of hydrogen-bond donors (Lipinski definition) is 2. The first-order chi connectivity index (χ1) is 20.6. The zero-order chi connectivity index (χ0) is 33.1. The van der Waals surface area contributed by atoms with Gasteiger partial charge in [-0.15, -0.1) is 0 Å². The van der Waals surface area contributed by atoms with Crippen molar-refractivity contribution in [3.63, 3.8) is 0 Å². The van der Waals surface area contributed by atoms with Crippen molar-refractivity contribution in [1.29, 1.82) is 0 Å². The van der Waals surface area contributed by atoms with Gasteiger partial charge in [0.1, 0.15) is 11.5 Å². The number of non-ortho nitro benzene ring substituents is 2. The van der Waals surface area contributed by atoms with Crippen LogP contribution in [0.5, 0.6) is 0 Å². The van der Waals surface area contributed by atoms with E-state index in [1.54, 1.807) is 13.8 Å². The molecule has 0 spiro atoms. The van der Waals surface area contributed by atoms with Gasteiger partial charge in [-0.25, -0.2) is 0 Å². The van der Waals surface area contributed by atoms with Gasteiger partial charge in [-0.3, -0.25) is 39.8 Å². The number of aliphatic hydroxyl groups is 2. The standard InChI is InChI=1S/C32H38N4O8/c1-19(2)15-27(37)29(31(39)23-9-7-11-25(17-23)35(41)42)21(5)33-13-14-34-22(6)30(28(38)16-20(3)4)32(40)24-10-8-12-26(18-24)36(43)44/h7-12,17-20,39-40H,13-16H2,1-6H3/b31-29-,32-30-,33-21?,34-22?. The van der Waals surface area contributed by atoms with E-state index in [2.05, 4.69) is 9.98 Å². The number of carbonyl (C=O) groups excluding carboxylic acids is 2. The van der Waals surface area contributed by atoms with Crippen molar-refractivity contribution >= 4 is 45.9 Å². The lowest BCUT2D eigenvalue weighted by molar-refractivity contribution is -0.385. The van der Waals surface area contributed by atoms with Crippen LogP contribution in [-0.2, 0) is 9.59 Å². The maximum Gasteiger partial charge on any atom is 0.270 e. The molecule has 0 saturated heterocycles. The third kappa shape index (κ3) is 9.79. The van der Waals surface area contributed by atoms with Gasteiger partial charge >= 0.3 is 0 Å². The highest BCUT2D eigenvalue weighted by molar-refractivity contribution is 6.26. The molecule has 0 bridgehead atoms. The molecule has 0 unspecified atom stereocenters. The van der Waals surface area contributed by atoms with Crippen LogP contribution in [0.3, 0.4) is 0 Å². The number of nitrogens with zero attached hydrogens (tertiary/aromatic N) is 4. The van der Waals surface area contributed by atoms with Crippen LogP contribution in [0.15, 0.2) is 69.7 Å². The lowest BCUT2D eigenvalue weighted by atomic mass is 9.95. The Morgan fingerprint density at radius 2 is 1.05 bits per heavy atom. The lowest BCUT2D eigenvalue weighted by Gasteiger charge is -2.13. The summed E-state index contributed by atoms with van der Waals surface area (Å²) in [6.45, 7) is 10.6. The number of nitro benzene ring substituents is 2. The van der Waals surface area contributed by atoms with Gasteiger partial charge in [0.15, 0.2) is 11.6 Å². The average molecular weight is 607 g/mol. The number of allylic oxidation sites excluding steroid dienone is 2. The van der Waals surface area contributed by atoms with E-state index in [1.165, 1.54) is 48.5 Å². The Morgan fingerprint density at radius 3 is 1.34 bits per heavy atom. The van der Waals surface area contributed by atoms with Crippen LogP contribution < -0.4 is 0 Å². The highest BCUT2D eigenvalue weighted by Gasteiger charge is 2.23. The zero-order valence-corrected chi connectivity index (χ0v) is 25.7. The van der Waals surface area contributed by atoms with Gasteiger partial charge in [0.2, 0.25) is 0 Å². The van der Waals surface area contributed by atoms with Gasteiger partial charge in [-0.05, 0) is 25.7 Å². The molecule has 0 aliphatic heterocycles. The maximum atomic E-state index is 13.1. The van der Waals surface area contributed by atoms with E-state index in [4.69, 9.17) is 0 Å². The molecular weight excluding hydrogens is 568 g/mol. The Bertz CT molecular complexity index is 1440. The van der Waals surface area contributed by atoms with Crippen LogP contribution in [0.2, 0.25) is 0 Å². The molecule has 0 saturated carbocycles. The number of Topliss-reactive ketones (excluding diaryl/α,β-unsaturated/α-hetero) is 2. The number of rotatable bonds is 15. The summed E-state index contributed by atoms with van der Waals surface area (Å²) in [5.41, 5.74) is 0.0142. The first-order valence-electron chi connectivity index (χ1n) is 14.1. The number of carbonyl (C=O) groups is 2. The number of hydrogen-bond acceptors (Lipinski definition) is 10. The van der Waals surface area contributed by atoms with Crippen LogP contribution >= 0.6 is 0 Å². The minimum atomic E-state index is -0.598. The molecule has 0 atom stereocenters. The summed E-state index contributed by atoms with van der Waals surface area (Å²) >= 11 is 0. The predicted molar refractivity (Wildman–Crippen MR) is 170 cm³/mol. The average Bonchev–Trinajstić information content (AvgIpc) is 2.94. The molecule has 0 heterocycles. The molecule has 0 fully saturated rings. The molecule has 0 radical (unpaired) electrons. The third-order valence-corrected chi connectivity index (χ3v) is 6.40. The molecule has 234 valence electrons. The van der Waals surface area contributed by atoms with Crippen molar-refractivity contribution < 1.29 is 29.6 Å². The normalized spacial score (nSPS) is 13.5. The van der Waals surface area contributed by atoms with Crippen molar-refractivity contribution in [1.82, 2.24) is 0 Å². The van der Waals surface area contributed by atoms with E-state index < -0.39 is 21.4 Å². The van der Waals surface area contributed by atoms with Crippen molar-refractivity contribution in [2.75, 3.05) is 13.1 Å². The SMILES string of the molecule is CC(=NCCN=C(C)/C(C(=O)CC(C)C)=C(/O)c1cccc([N+](=O)[O-])c1)/C(C(=O)CC(C)C)=C(/O)c1cccc([N+](=O)[O-])c1. The van der Waals surface area contributed by atoms with Crippen LogP contribution in [0.25, 0.3) is 11.5 Å². The van der Waals surface area contributed by atoms with Crippen LogP contribution in [0.1, 0.15) is 65.5 Å². The first kappa shape index (κ1) is 35.2. The number of benzene rings is 2. The first-order valence-corrected chi connectivity index (χ1v) is 14.1. The van der Waals surface area contributed by atoms with E-state index in [-0.39, 0.29) is 94.4 Å². The lowest BCUT2D eigenvalue weighted by Crippen LogP contribution is -2.17. The number of ketones is 2. The van der Waals surface area contributed by atoms with Gasteiger partial charge in [0, 0.05) is 59.7 Å². The summed E-state index contributed by atoms with van der Waals surface area (Å²) in [4.78, 5) is 56.3. The molecule has 12 nitrogen and oxygen atoms in total. The summed E-state index contributed by atoms with van der Waals surface area (Å²) in [6.07, 6.45) is 0.225. The molecule has 0 aromatic heterocycles. The van der Waals surface area contributed by atoms with E-state index in [0.717, 1.165) is 0 Å². The van der Waals surface area contributed by atoms with Crippen molar-refractivity contribution in [3.05, 3.63) is 91.0 Å². The number of aliphatic imine (C=N–C) groups is 2. The summed E-state index contributed by atoms with van der Waals surface area (Å²) in [7, 11) is 0. The summed E-state index contributed by atoms with van der Waals surface area (Å²) in [5.74, 6) is -1.66. The molecule has 2 N–H and O–H groups in total. The Balaban J connectivity index is 2.46. The van der Waals surface area contributed by atoms with E-state index in [1.807, 2.05) is 27.7 Å². The Hall–Kier alpha value is -5.00. The van der Waals surface area contributed by atoms with Gasteiger partial charge in [-0.1, -0.05) is 52.0 Å². The topological polar surface area (TPSA) is 186 Å². The fourth-order valence-corrected chi connectivity index (χ4v) is 4.37. The molecule has 0 aliphatic carbocycles. The molecule has 2 aromatic carbocycles. The van der Waals surface area contributed by atoms with Crippen molar-refractivity contribution in [3.8, 4) is 0 Å². The quantitative estimate of drug-likeness (QED) is 0.0547. The number of aliphatic hydroxyl groups excluding tert-OH is 2. The van der Waals surface area contributed by atoms with Crippen molar-refractivity contribution in [2.24, 2.45) is 21.8 Å². The molecule has 44 heavy (non-hydrogen) atoms. The van der Waals surface area contributed by atoms with E-state index in [9.17, 15) is 40.0 Å². The van der Waals surface area contributed by atoms with Gasteiger partial charge in [-0.2, -0.15) is 0 Å². The fraction of sp³-hybridized carbons (Fsp3) is 0.375. The summed E-state index contributed by atoms with van der Waals surface area (Å²) in [5, 5.41) is 44.5. The zero-order valence-electron chi connectivity index (χ0n) is 25.7. The maximum absolute atomic E-state index is 13.1. The van der Waals surface area contributed by atoms with Gasteiger partial charge in [0.25, 0.3) is 11.4 Å². The van der Waals surface area contributed by atoms with Gasteiger partial charge < -0.3 is 10.2 Å². The monoisotopic (exact) mass is 606 g/mol. The number of nitro groups is 2. The molecular formula is C32H38N4O8. The van der Waals surface area contributed by atoms with E-state index >= 15 is 0 Å². The summed E-state index contributed by atoms with van der Waals surface area (Å²) < 4.78 is 0. The Kier molecular flexibility index (Phi) is 12.8. The molecule has 0 amide bonds. The smallest absolute Gasteiger partial charge is 0.270 e. The minimum absolute atomic E-state index is 0.0252. The second kappa shape index (κ2) is 16.0. The molecule has 2 rings (SSSR count). The van der Waals surface area contributed by atoms with Crippen LogP contribution in [-0.4, -0.2) is 56.1 Å². The second-order valence-electron chi connectivity index (χ2n) is 11.0. The van der Waals surface area contributed by atoms with Crippen molar-refractivity contribution in [2.45, 2.75) is 54.4 Å². The summed E-state index contributed by atoms with van der Waals surface area (Å²) in [6, 6.07) is 10.6. The molecule has 12 heteroatoms. The highest BCUT2D eigenvalue weighted by Crippen LogP contribution is 2.25. The van der Waals surface area contributed by atoms with Crippen LogP contribution in [0.4, 0.5) is 11.4 Å². The second-order valence-corrected chi connectivity index (χ2v) is 11.0. The minimum Gasteiger partial charge on any atom is -0.506 e. The fourth-order valence-electron chi connectivity index (χ4n) is 4.37. The van der Waals surface area contributed by atoms with Crippen LogP contribution in [0, 0.1) is 32.1 Å². The van der Waals surface area contributed by atoms with E-state index in [0.29, 0.717) is 0 Å². The van der Waals surface area contributed by atoms with Gasteiger partial charge in [0.05, 0.1) is 34.1 Å². The predicted octanol–water partition coefficient (Wildman–Crippen LogP) is 6.89. The third-order valence-electron chi connectivity index (χ3n) is 6.40. The molecule has 0 aliphatic rings. The highest BCUT2D eigenvalue weighted by atomic mass is 16.6. The Morgan fingerprint density at radius 1 is 0.705 bits per heavy atom. The Labute approximate surface area is 255 Å².